The van der Waals surface area contributed by atoms with Gasteiger partial charge < -0.3 is 10.1 Å². The normalized spacial score (nSPS) is 26.7. The van der Waals surface area contributed by atoms with Gasteiger partial charge in [-0.3, -0.25) is 4.79 Å². The summed E-state index contributed by atoms with van der Waals surface area (Å²) in [5.41, 5.74) is 0.442. The van der Waals surface area contributed by atoms with Crippen molar-refractivity contribution in [3.8, 4) is 0 Å². The SMILES string of the molecule is COC(=O)[C@H](C)NCC1CCC(C(C)(C)C)CC1. The standard InChI is InChI=1S/C15H29NO2/c1-11(14(17)18-5)16-10-12-6-8-13(9-7-12)15(2,3)4/h11-13,16H,6-10H2,1-5H3/t11-,12?,13?/m0/s1. The summed E-state index contributed by atoms with van der Waals surface area (Å²) in [6.45, 7) is 9.83. The van der Waals surface area contributed by atoms with Gasteiger partial charge in [0, 0.05) is 0 Å². The van der Waals surface area contributed by atoms with Gasteiger partial charge in [-0.05, 0) is 56.4 Å². The zero-order valence-corrected chi connectivity index (χ0v) is 12.6. The Morgan fingerprint density at radius 3 is 2.28 bits per heavy atom. The molecule has 1 saturated carbocycles. The van der Waals surface area contributed by atoms with E-state index in [1.54, 1.807) is 0 Å². The van der Waals surface area contributed by atoms with Crippen LogP contribution in [0.1, 0.15) is 53.4 Å². The van der Waals surface area contributed by atoms with Crippen LogP contribution in [0.25, 0.3) is 0 Å². The number of esters is 1. The molecule has 1 rings (SSSR count). The molecule has 0 amide bonds. The van der Waals surface area contributed by atoms with Gasteiger partial charge in [0.2, 0.25) is 0 Å². The van der Waals surface area contributed by atoms with Gasteiger partial charge in [0.25, 0.3) is 0 Å². The van der Waals surface area contributed by atoms with Gasteiger partial charge in [-0.1, -0.05) is 20.8 Å². The highest BCUT2D eigenvalue weighted by Gasteiger charge is 2.29. The maximum atomic E-state index is 11.3. The van der Waals surface area contributed by atoms with E-state index in [0.29, 0.717) is 5.41 Å². The molecule has 18 heavy (non-hydrogen) atoms. The average molecular weight is 255 g/mol. The van der Waals surface area contributed by atoms with Gasteiger partial charge >= 0.3 is 5.97 Å². The molecule has 0 bridgehead atoms. The molecule has 106 valence electrons. The lowest BCUT2D eigenvalue weighted by Gasteiger charge is -2.37. The molecule has 0 radical (unpaired) electrons. The Balaban J connectivity index is 2.26. The van der Waals surface area contributed by atoms with E-state index in [0.717, 1.165) is 18.4 Å². The van der Waals surface area contributed by atoms with Crippen LogP contribution in [-0.4, -0.2) is 25.7 Å². The molecule has 3 nitrogen and oxygen atoms in total. The van der Waals surface area contributed by atoms with Gasteiger partial charge in [0.1, 0.15) is 6.04 Å². The van der Waals surface area contributed by atoms with Crippen LogP contribution >= 0.6 is 0 Å². The highest BCUT2D eigenvalue weighted by atomic mass is 16.5. The molecule has 0 spiro atoms. The second-order valence-corrected chi connectivity index (χ2v) is 6.74. The van der Waals surface area contributed by atoms with Crippen LogP contribution in [-0.2, 0) is 9.53 Å². The number of nitrogens with one attached hydrogen (secondary N) is 1. The zero-order valence-electron chi connectivity index (χ0n) is 12.6. The largest absolute Gasteiger partial charge is 0.468 e. The van der Waals surface area contributed by atoms with Crippen molar-refractivity contribution in [3.05, 3.63) is 0 Å². The lowest BCUT2D eigenvalue weighted by molar-refractivity contribution is -0.142. The van der Waals surface area contributed by atoms with Gasteiger partial charge in [0.05, 0.1) is 7.11 Å². The maximum Gasteiger partial charge on any atom is 0.322 e. The molecule has 3 heteroatoms. The first kappa shape index (κ1) is 15.5. The van der Waals surface area contributed by atoms with Crippen molar-refractivity contribution < 1.29 is 9.53 Å². The van der Waals surface area contributed by atoms with E-state index in [2.05, 4.69) is 26.1 Å². The minimum absolute atomic E-state index is 0.168. The Bertz CT molecular complexity index is 262. The summed E-state index contributed by atoms with van der Waals surface area (Å²) in [6, 6.07) is -0.185. The molecule has 1 fully saturated rings. The van der Waals surface area contributed by atoms with Crippen LogP contribution in [0.5, 0.6) is 0 Å². The molecular weight excluding hydrogens is 226 g/mol. The number of methoxy groups -OCH3 is 1. The highest BCUT2D eigenvalue weighted by Crippen LogP contribution is 2.39. The summed E-state index contributed by atoms with van der Waals surface area (Å²) in [4.78, 5) is 11.3. The van der Waals surface area contributed by atoms with E-state index in [4.69, 9.17) is 4.74 Å². The Morgan fingerprint density at radius 2 is 1.83 bits per heavy atom. The number of rotatable bonds is 4. The molecular formula is C15H29NO2. The van der Waals surface area contributed by atoms with Gasteiger partial charge in [-0.25, -0.2) is 0 Å². The van der Waals surface area contributed by atoms with Crippen molar-refractivity contribution >= 4 is 5.97 Å². The van der Waals surface area contributed by atoms with Gasteiger partial charge in [-0.15, -0.1) is 0 Å². The molecule has 1 aliphatic carbocycles. The monoisotopic (exact) mass is 255 g/mol. The smallest absolute Gasteiger partial charge is 0.322 e. The van der Waals surface area contributed by atoms with E-state index in [1.807, 2.05) is 6.92 Å². The number of carbonyl (C=O) groups is 1. The molecule has 0 aromatic rings. The maximum absolute atomic E-state index is 11.3. The number of carbonyl (C=O) groups excluding carboxylic acids is 1. The van der Waals surface area contributed by atoms with E-state index in [1.165, 1.54) is 32.8 Å². The predicted molar refractivity (Wildman–Crippen MR) is 74.4 cm³/mol. The van der Waals surface area contributed by atoms with Crippen LogP contribution < -0.4 is 5.32 Å². The Kier molecular flexibility index (Phi) is 5.64. The topological polar surface area (TPSA) is 38.3 Å². The Morgan fingerprint density at radius 1 is 1.28 bits per heavy atom. The number of ether oxygens (including phenoxy) is 1. The molecule has 1 aliphatic rings. The van der Waals surface area contributed by atoms with E-state index >= 15 is 0 Å². The third-order valence-electron chi connectivity index (χ3n) is 4.34. The van der Waals surface area contributed by atoms with E-state index in [9.17, 15) is 4.79 Å². The molecule has 1 N–H and O–H groups in total. The van der Waals surface area contributed by atoms with Crippen LogP contribution in [0.3, 0.4) is 0 Å². The van der Waals surface area contributed by atoms with Crippen LogP contribution in [0.2, 0.25) is 0 Å². The first-order valence-electron chi connectivity index (χ1n) is 7.15. The molecule has 0 saturated heterocycles. The highest BCUT2D eigenvalue weighted by molar-refractivity contribution is 5.75. The predicted octanol–water partition coefficient (Wildman–Crippen LogP) is 2.99. The summed E-state index contributed by atoms with van der Waals surface area (Å²) in [5.74, 6) is 1.40. The van der Waals surface area contributed by atoms with E-state index in [-0.39, 0.29) is 12.0 Å². The molecule has 0 aliphatic heterocycles. The van der Waals surface area contributed by atoms with Gasteiger partial charge in [-0.2, -0.15) is 0 Å². The summed E-state index contributed by atoms with van der Waals surface area (Å²) in [6.07, 6.45) is 5.20. The van der Waals surface area contributed by atoms with Crippen molar-refractivity contribution in [1.82, 2.24) is 5.32 Å². The van der Waals surface area contributed by atoms with Crippen LogP contribution in [0, 0.1) is 17.3 Å². The van der Waals surface area contributed by atoms with Crippen LogP contribution in [0.15, 0.2) is 0 Å². The van der Waals surface area contributed by atoms with Gasteiger partial charge in [0.15, 0.2) is 0 Å². The third kappa shape index (κ3) is 4.60. The third-order valence-corrected chi connectivity index (χ3v) is 4.34. The number of hydrogen-bond donors (Lipinski definition) is 1. The zero-order chi connectivity index (χ0) is 13.8. The second kappa shape index (κ2) is 6.55. The van der Waals surface area contributed by atoms with Crippen molar-refractivity contribution in [2.24, 2.45) is 17.3 Å². The minimum Gasteiger partial charge on any atom is -0.468 e. The quantitative estimate of drug-likeness (QED) is 0.785. The molecule has 1 atom stereocenters. The van der Waals surface area contributed by atoms with Crippen molar-refractivity contribution in [2.75, 3.05) is 13.7 Å². The lowest BCUT2D eigenvalue weighted by Crippen LogP contribution is -2.39. The summed E-state index contributed by atoms with van der Waals surface area (Å²) in [5, 5.41) is 3.28. The number of hydrogen-bond acceptors (Lipinski definition) is 3. The fourth-order valence-electron chi connectivity index (χ4n) is 2.84. The van der Waals surface area contributed by atoms with Crippen LogP contribution in [0.4, 0.5) is 0 Å². The average Bonchev–Trinajstić information content (AvgIpc) is 2.34. The molecule has 0 aromatic heterocycles. The van der Waals surface area contributed by atoms with Crippen molar-refractivity contribution in [2.45, 2.75) is 59.4 Å². The Labute approximate surface area is 112 Å². The molecule has 0 unspecified atom stereocenters. The summed E-state index contributed by atoms with van der Waals surface area (Å²) < 4.78 is 4.71. The fourth-order valence-corrected chi connectivity index (χ4v) is 2.84. The minimum atomic E-state index is -0.185. The second-order valence-electron chi connectivity index (χ2n) is 6.74. The van der Waals surface area contributed by atoms with Crippen molar-refractivity contribution in [1.29, 1.82) is 0 Å². The lowest BCUT2D eigenvalue weighted by atomic mass is 9.70. The summed E-state index contributed by atoms with van der Waals surface area (Å²) >= 11 is 0. The first-order valence-corrected chi connectivity index (χ1v) is 7.15. The Hall–Kier alpha value is -0.570. The molecule has 0 heterocycles. The summed E-state index contributed by atoms with van der Waals surface area (Å²) in [7, 11) is 1.44. The van der Waals surface area contributed by atoms with Crippen molar-refractivity contribution in [3.63, 3.8) is 0 Å². The molecule has 0 aromatic carbocycles. The van der Waals surface area contributed by atoms with E-state index < -0.39 is 0 Å². The first-order chi connectivity index (χ1) is 8.34. The fraction of sp³-hybridized carbons (Fsp3) is 0.933.